The van der Waals surface area contributed by atoms with Gasteiger partial charge in [0.2, 0.25) is 0 Å². The first-order valence-corrected chi connectivity index (χ1v) is 4.91. The van der Waals surface area contributed by atoms with Crippen molar-refractivity contribution in [2.45, 2.75) is 0 Å². The van der Waals surface area contributed by atoms with E-state index in [4.69, 9.17) is 0 Å². The monoisotopic (exact) mass is 235 g/mol. The molecule has 0 unspecified atom stereocenters. The van der Waals surface area contributed by atoms with Gasteiger partial charge in [0, 0.05) is 13.2 Å². The summed E-state index contributed by atoms with van der Waals surface area (Å²) in [6, 6.07) is 2.03. The molecule has 0 aliphatic heterocycles. The minimum Gasteiger partial charge on any atom is -0.294 e. The van der Waals surface area contributed by atoms with Crippen molar-refractivity contribution >= 4 is 21.8 Å². The Hall–Kier alpha value is -2.24. The number of nitrogens with zero attached hydrogens (tertiary/aromatic N) is 2. The Labute approximate surface area is 93.5 Å². The molecule has 6 heteroatoms. The molecule has 0 amide bonds. The predicted molar refractivity (Wildman–Crippen MR) is 58.8 cm³/mol. The predicted octanol–water partition coefficient (Wildman–Crippen LogP) is 1.69. The molecule has 2 heterocycles. The van der Waals surface area contributed by atoms with Gasteiger partial charge < -0.3 is 0 Å². The Morgan fingerprint density at radius 3 is 2.76 bits per heavy atom. The Balaban J connectivity index is 2.69. The number of hydrogen-bond donors (Lipinski definition) is 1. The van der Waals surface area contributed by atoms with Gasteiger partial charge in [-0.1, -0.05) is 0 Å². The van der Waals surface area contributed by atoms with E-state index >= 15 is 0 Å². The van der Waals surface area contributed by atoms with Crippen molar-refractivity contribution in [2.75, 3.05) is 0 Å². The van der Waals surface area contributed by atoms with Crippen molar-refractivity contribution in [1.82, 2.24) is 14.8 Å². The van der Waals surface area contributed by atoms with Gasteiger partial charge in [0.1, 0.15) is 17.2 Å². The average Bonchev–Trinajstić information content (AvgIpc) is 2.60. The largest absolute Gasteiger partial charge is 0.294 e. The van der Waals surface area contributed by atoms with E-state index in [2.05, 4.69) is 10.1 Å². The minimum atomic E-state index is -0.618. The summed E-state index contributed by atoms with van der Waals surface area (Å²) in [4.78, 5) is 15.4. The lowest BCUT2D eigenvalue weighted by molar-refractivity contribution is 0.615. The summed E-state index contributed by atoms with van der Waals surface area (Å²) in [5.41, 5.74) is -0.142. The SMILES string of the molecule is Cn1[nH]c2c(cnc3c(F)ccc(F)c32)c1=O. The first-order chi connectivity index (χ1) is 8.09. The molecule has 86 valence electrons. The van der Waals surface area contributed by atoms with Gasteiger partial charge in [0.25, 0.3) is 5.56 Å². The molecule has 0 radical (unpaired) electrons. The highest BCUT2D eigenvalue weighted by atomic mass is 19.1. The molecule has 0 fully saturated rings. The second-order valence-corrected chi connectivity index (χ2v) is 3.78. The molecule has 3 rings (SSSR count). The zero-order valence-electron chi connectivity index (χ0n) is 8.79. The maximum absolute atomic E-state index is 13.7. The lowest BCUT2D eigenvalue weighted by atomic mass is 10.1. The number of hydrogen-bond acceptors (Lipinski definition) is 2. The first kappa shape index (κ1) is 9.95. The second-order valence-electron chi connectivity index (χ2n) is 3.78. The van der Waals surface area contributed by atoms with Gasteiger partial charge in [0.05, 0.1) is 16.3 Å². The molecule has 1 N–H and O–H groups in total. The first-order valence-electron chi connectivity index (χ1n) is 4.91. The van der Waals surface area contributed by atoms with Gasteiger partial charge in [-0.15, -0.1) is 0 Å². The number of aromatic amines is 1. The third kappa shape index (κ3) is 1.20. The van der Waals surface area contributed by atoms with Gasteiger partial charge in [-0.05, 0) is 12.1 Å². The molecule has 0 aliphatic carbocycles. The number of H-pyrrole nitrogens is 1. The van der Waals surface area contributed by atoms with Crippen molar-refractivity contribution in [3.8, 4) is 0 Å². The van der Waals surface area contributed by atoms with E-state index in [-0.39, 0.29) is 27.4 Å². The summed E-state index contributed by atoms with van der Waals surface area (Å²) in [5.74, 6) is -1.23. The molecule has 1 aromatic carbocycles. The van der Waals surface area contributed by atoms with E-state index in [1.54, 1.807) is 0 Å². The molecular weight excluding hydrogens is 228 g/mol. The van der Waals surface area contributed by atoms with E-state index in [1.165, 1.54) is 17.9 Å². The van der Waals surface area contributed by atoms with Crippen molar-refractivity contribution in [3.63, 3.8) is 0 Å². The molecule has 0 aliphatic rings. The van der Waals surface area contributed by atoms with E-state index in [0.29, 0.717) is 0 Å². The van der Waals surface area contributed by atoms with Crippen LogP contribution in [0.3, 0.4) is 0 Å². The van der Waals surface area contributed by atoms with Gasteiger partial charge in [-0.2, -0.15) is 0 Å². The zero-order valence-corrected chi connectivity index (χ0v) is 8.79. The second kappa shape index (κ2) is 3.13. The van der Waals surface area contributed by atoms with Crippen molar-refractivity contribution in [1.29, 1.82) is 0 Å². The molecule has 0 saturated heterocycles. The van der Waals surface area contributed by atoms with Crippen LogP contribution >= 0.6 is 0 Å². The minimum absolute atomic E-state index is 0.000185. The van der Waals surface area contributed by atoms with Crippen LogP contribution in [0.5, 0.6) is 0 Å². The van der Waals surface area contributed by atoms with Gasteiger partial charge in [0.15, 0.2) is 0 Å². The van der Waals surface area contributed by atoms with Crippen molar-refractivity contribution in [2.24, 2.45) is 7.05 Å². The summed E-state index contributed by atoms with van der Waals surface area (Å²) in [6.07, 6.45) is 1.25. The van der Waals surface area contributed by atoms with Gasteiger partial charge in [-0.3, -0.25) is 19.6 Å². The number of fused-ring (bicyclic) bond motifs is 3. The Morgan fingerprint density at radius 1 is 1.29 bits per heavy atom. The molecule has 0 spiro atoms. The number of nitrogens with one attached hydrogen (secondary N) is 1. The third-order valence-electron chi connectivity index (χ3n) is 2.73. The Bertz CT molecular complexity index is 804. The number of aromatic nitrogens is 3. The van der Waals surface area contributed by atoms with Crippen LogP contribution < -0.4 is 5.56 Å². The van der Waals surface area contributed by atoms with Gasteiger partial charge >= 0.3 is 0 Å². The fourth-order valence-electron chi connectivity index (χ4n) is 1.91. The lowest BCUT2D eigenvalue weighted by Gasteiger charge is -2.00. The highest BCUT2D eigenvalue weighted by Crippen LogP contribution is 2.24. The van der Waals surface area contributed by atoms with Crippen molar-refractivity contribution in [3.05, 3.63) is 40.3 Å². The quantitative estimate of drug-likeness (QED) is 0.644. The van der Waals surface area contributed by atoms with Crippen LogP contribution in [-0.4, -0.2) is 14.8 Å². The van der Waals surface area contributed by atoms with E-state index in [0.717, 1.165) is 12.1 Å². The summed E-state index contributed by atoms with van der Waals surface area (Å²) in [6.45, 7) is 0. The summed E-state index contributed by atoms with van der Waals surface area (Å²) in [7, 11) is 1.51. The fourth-order valence-corrected chi connectivity index (χ4v) is 1.91. The number of aryl methyl sites for hydroxylation is 1. The normalized spacial score (nSPS) is 11.5. The highest BCUT2D eigenvalue weighted by molar-refractivity contribution is 6.03. The standard InChI is InChI=1S/C11H7F2N3O/c1-16-11(17)5-4-14-10-7(13)3-2-6(12)8(10)9(5)15-16/h2-4,15H,1H3. The van der Waals surface area contributed by atoms with Crippen LogP contribution in [0, 0.1) is 11.6 Å². The van der Waals surface area contributed by atoms with Gasteiger partial charge in [-0.25, -0.2) is 8.78 Å². The van der Waals surface area contributed by atoms with Crippen LogP contribution in [0.1, 0.15) is 0 Å². The van der Waals surface area contributed by atoms with E-state index < -0.39 is 11.6 Å². The lowest BCUT2D eigenvalue weighted by Crippen LogP contribution is -2.11. The maximum Gasteiger partial charge on any atom is 0.275 e. The summed E-state index contributed by atoms with van der Waals surface area (Å²) < 4.78 is 28.4. The highest BCUT2D eigenvalue weighted by Gasteiger charge is 2.14. The van der Waals surface area contributed by atoms with Crippen LogP contribution in [0.2, 0.25) is 0 Å². The zero-order chi connectivity index (χ0) is 12.2. The van der Waals surface area contributed by atoms with Crippen molar-refractivity contribution < 1.29 is 8.78 Å². The Morgan fingerprint density at radius 2 is 2.00 bits per heavy atom. The van der Waals surface area contributed by atoms with Crippen LogP contribution in [0.15, 0.2) is 23.1 Å². The topological polar surface area (TPSA) is 50.7 Å². The molecule has 2 aromatic heterocycles. The molecule has 0 bridgehead atoms. The molecule has 0 atom stereocenters. The number of benzene rings is 1. The number of rotatable bonds is 0. The smallest absolute Gasteiger partial charge is 0.275 e. The molecule has 4 nitrogen and oxygen atoms in total. The molecular formula is C11H7F2N3O. The summed E-state index contributed by atoms with van der Waals surface area (Å²) >= 11 is 0. The molecule has 0 saturated carbocycles. The van der Waals surface area contributed by atoms with Crippen LogP contribution in [0.4, 0.5) is 8.78 Å². The number of halogens is 2. The summed E-state index contributed by atoms with van der Waals surface area (Å²) in [5, 5.41) is 2.94. The molecule has 3 aromatic rings. The molecule has 17 heavy (non-hydrogen) atoms. The van der Waals surface area contributed by atoms with Crippen LogP contribution in [-0.2, 0) is 7.05 Å². The Kier molecular flexibility index (Phi) is 1.83. The maximum atomic E-state index is 13.7. The fraction of sp³-hybridized carbons (Fsp3) is 0.0909. The van der Waals surface area contributed by atoms with Crippen LogP contribution in [0.25, 0.3) is 21.8 Å². The average molecular weight is 235 g/mol. The van der Waals surface area contributed by atoms with E-state index in [9.17, 15) is 13.6 Å². The number of pyridine rings is 1. The van der Waals surface area contributed by atoms with E-state index in [1.807, 2.05) is 0 Å². The third-order valence-corrected chi connectivity index (χ3v) is 2.73.